The van der Waals surface area contributed by atoms with Crippen LogP contribution in [0.25, 0.3) is 49.8 Å². The second kappa shape index (κ2) is 5.46. The third-order valence-electron chi connectivity index (χ3n) is 4.58. The molecule has 0 aliphatic carbocycles. The maximum atomic E-state index is 4.73. The Morgan fingerprint density at radius 3 is 2.67 bits per heavy atom. The van der Waals surface area contributed by atoms with E-state index in [0.717, 1.165) is 44.0 Å². The topological polar surface area (TPSA) is 71.8 Å². The van der Waals surface area contributed by atoms with Gasteiger partial charge in [-0.15, -0.1) is 11.3 Å². The predicted octanol–water partition coefficient (Wildman–Crippen LogP) is 4.55. The molecular formula is C20H12N6S. The summed E-state index contributed by atoms with van der Waals surface area (Å²) in [5.41, 5.74) is 6.23. The summed E-state index contributed by atoms with van der Waals surface area (Å²) >= 11 is 1.62. The van der Waals surface area contributed by atoms with E-state index in [0.29, 0.717) is 5.82 Å². The second-order valence-corrected chi connectivity index (χ2v) is 7.12. The lowest BCUT2D eigenvalue weighted by Gasteiger charge is -1.99. The molecule has 0 bridgehead atoms. The number of aromatic amines is 1. The zero-order valence-corrected chi connectivity index (χ0v) is 14.8. The maximum absolute atomic E-state index is 4.73. The van der Waals surface area contributed by atoms with E-state index in [4.69, 9.17) is 15.0 Å². The Kier molecular flexibility index (Phi) is 2.95. The maximum Gasteiger partial charge on any atom is 0.194 e. The predicted molar refractivity (Wildman–Crippen MR) is 107 cm³/mol. The van der Waals surface area contributed by atoms with Crippen molar-refractivity contribution < 1.29 is 0 Å². The van der Waals surface area contributed by atoms with Crippen LogP contribution in [0.1, 0.15) is 0 Å². The number of hydrogen-bond acceptors (Lipinski definition) is 5. The van der Waals surface area contributed by atoms with E-state index in [2.05, 4.69) is 16.0 Å². The molecule has 27 heavy (non-hydrogen) atoms. The van der Waals surface area contributed by atoms with Crippen molar-refractivity contribution >= 4 is 38.4 Å². The molecule has 128 valence electrons. The van der Waals surface area contributed by atoms with E-state index in [9.17, 15) is 0 Å². The zero-order chi connectivity index (χ0) is 17.8. The van der Waals surface area contributed by atoms with Crippen molar-refractivity contribution in [2.75, 3.05) is 0 Å². The van der Waals surface area contributed by atoms with Gasteiger partial charge >= 0.3 is 0 Å². The van der Waals surface area contributed by atoms with Gasteiger partial charge in [-0.3, -0.25) is 9.38 Å². The van der Waals surface area contributed by atoms with E-state index >= 15 is 0 Å². The Labute approximate surface area is 157 Å². The highest BCUT2D eigenvalue weighted by atomic mass is 32.1. The number of imidazole rings is 2. The van der Waals surface area contributed by atoms with Gasteiger partial charge in [-0.05, 0) is 18.2 Å². The highest BCUT2D eigenvalue weighted by Gasteiger charge is 2.14. The first kappa shape index (κ1) is 14.6. The number of aromatic nitrogens is 6. The average Bonchev–Trinajstić information content (AvgIpc) is 3.41. The van der Waals surface area contributed by atoms with Crippen LogP contribution in [0.2, 0.25) is 0 Å². The van der Waals surface area contributed by atoms with Crippen molar-refractivity contribution in [1.82, 2.24) is 29.3 Å². The Morgan fingerprint density at radius 2 is 1.74 bits per heavy atom. The minimum absolute atomic E-state index is 0.705. The summed E-state index contributed by atoms with van der Waals surface area (Å²) in [6.07, 6.45) is 5.81. The van der Waals surface area contributed by atoms with Gasteiger partial charge in [0.15, 0.2) is 10.8 Å². The second-order valence-electron chi connectivity index (χ2n) is 6.25. The van der Waals surface area contributed by atoms with Crippen LogP contribution in [-0.4, -0.2) is 29.3 Å². The number of nitrogens with one attached hydrogen (secondary N) is 1. The van der Waals surface area contributed by atoms with Crippen molar-refractivity contribution in [3.8, 4) is 22.8 Å². The molecule has 0 spiro atoms. The summed E-state index contributed by atoms with van der Waals surface area (Å²) in [5, 5.41) is 2.03. The van der Waals surface area contributed by atoms with Gasteiger partial charge in [-0.2, -0.15) is 0 Å². The molecule has 0 unspecified atom stereocenters. The molecule has 7 heteroatoms. The van der Waals surface area contributed by atoms with E-state index in [1.807, 2.05) is 58.6 Å². The summed E-state index contributed by atoms with van der Waals surface area (Å²) in [7, 11) is 0. The van der Waals surface area contributed by atoms with E-state index in [1.54, 1.807) is 17.5 Å². The van der Waals surface area contributed by atoms with Crippen LogP contribution in [0.3, 0.4) is 0 Å². The van der Waals surface area contributed by atoms with Gasteiger partial charge in [-0.25, -0.2) is 15.0 Å². The van der Waals surface area contributed by atoms with Crippen LogP contribution < -0.4 is 0 Å². The van der Waals surface area contributed by atoms with Crippen molar-refractivity contribution in [1.29, 1.82) is 0 Å². The number of benzene rings is 2. The molecule has 0 aliphatic rings. The number of rotatable bonds is 2. The molecule has 0 amide bonds. The Bertz CT molecular complexity index is 1410. The van der Waals surface area contributed by atoms with Crippen molar-refractivity contribution in [2.24, 2.45) is 0 Å². The van der Waals surface area contributed by atoms with Gasteiger partial charge in [0.05, 0.1) is 34.0 Å². The number of para-hydroxylation sites is 3. The third kappa shape index (κ3) is 2.25. The molecule has 0 saturated carbocycles. The van der Waals surface area contributed by atoms with Crippen LogP contribution in [0.15, 0.2) is 66.4 Å². The molecule has 4 heterocycles. The Hall–Kier alpha value is -3.58. The smallest absolute Gasteiger partial charge is 0.194 e. The number of thiazole rings is 1. The quantitative estimate of drug-likeness (QED) is 0.487. The lowest BCUT2D eigenvalue weighted by atomic mass is 10.1. The number of fused-ring (bicyclic) bond motifs is 3. The normalized spacial score (nSPS) is 11.7. The standard InChI is InChI=1S/C20H12N6S/c1-2-6-14-13(5-1)21-10-16(22-14)19-23-15-7-3-4-12(18(15)25-19)17-11-26-8-9-27-20(26)24-17/h1-11H,(H,23,25). The first-order valence-electron chi connectivity index (χ1n) is 8.49. The number of nitrogens with zero attached hydrogens (tertiary/aromatic N) is 5. The van der Waals surface area contributed by atoms with Gasteiger partial charge < -0.3 is 4.98 Å². The summed E-state index contributed by atoms with van der Waals surface area (Å²) in [6.45, 7) is 0. The van der Waals surface area contributed by atoms with Gasteiger partial charge in [0.2, 0.25) is 0 Å². The zero-order valence-electron chi connectivity index (χ0n) is 14.0. The lowest BCUT2D eigenvalue weighted by molar-refractivity contribution is 1.22. The average molecular weight is 368 g/mol. The molecule has 0 fully saturated rings. The molecule has 6 aromatic rings. The largest absolute Gasteiger partial charge is 0.336 e. The van der Waals surface area contributed by atoms with E-state index in [-0.39, 0.29) is 0 Å². The first-order valence-corrected chi connectivity index (χ1v) is 9.36. The molecule has 2 aromatic carbocycles. The Morgan fingerprint density at radius 1 is 0.852 bits per heavy atom. The minimum atomic E-state index is 0.705. The molecule has 6 nitrogen and oxygen atoms in total. The number of H-pyrrole nitrogens is 1. The van der Waals surface area contributed by atoms with Crippen LogP contribution in [-0.2, 0) is 0 Å². The molecule has 0 atom stereocenters. The monoisotopic (exact) mass is 368 g/mol. The molecule has 1 N–H and O–H groups in total. The third-order valence-corrected chi connectivity index (χ3v) is 5.35. The fourth-order valence-corrected chi connectivity index (χ4v) is 3.99. The summed E-state index contributed by atoms with van der Waals surface area (Å²) < 4.78 is 2.03. The molecular weight excluding hydrogens is 356 g/mol. The van der Waals surface area contributed by atoms with Crippen molar-refractivity contribution in [3.05, 3.63) is 66.4 Å². The van der Waals surface area contributed by atoms with Crippen LogP contribution in [0.4, 0.5) is 0 Å². The van der Waals surface area contributed by atoms with Gasteiger partial charge in [0.25, 0.3) is 0 Å². The first-order chi connectivity index (χ1) is 13.3. The highest BCUT2D eigenvalue weighted by molar-refractivity contribution is 7.15. The fourth-order valence-electron chi connectivity index (χ4n) is 3.29. The van der Waals surface area contributed by atoms with E-state index < -0.39 is 0 Å². The van der Waals surface area contributed by atoms with Crippen LogP contribution >= 0.6 is 11.3 Å². The van der Waals surface area contributed by atoms with Gasteiger partial charge in [0, 0.05) is 23.3 Å². The SMILES string of the molecule is c1ccc2nc(-c3nc4cccc(-c5cn6ccsc6n5)c4[nH]3)cnc2c1. The minimum Gasteiger partial charge on any atom is -0.336 e. The summed E-state index contributed by atoms with van der Waals surface area (Å²) in [6, 6.07) is 13.9. The molecule has 6 rings (SSSR count). The fraction of sp³-hybridized carbons (Fsp3) is 0. The van der Waals surface area contributed by atoms with Crippen molar-refractivity contribution in [2.45, 2.75) is 0 Å². The van der Waals surface area contributed by atoms with Crippen LogP contribution in [0.5, 0.6) is 0 Å². The Balaban J connectivity index is 1.53. The van der Waals surface area contributed by atoms with Gasteiger partial charge in [0.1, 0.15) is 5.69 Å². The molecule has 0 saturated heterocycles. The van der Waals surface area contributed by atoms with Crippen LogP contribution in [0, 0.1) is 0 Å². The summed E-state index contributed by atoms with van der Waals surface area (Å²) in [5.74, 6) is 0.705. The van der Waals surface area contributed by atoms with Gasteiger partial charge in [-0.1, -0.05) is 24.3 Å². The lowest BCUT2D eigenvalue weighted by Crippen LogP contribution is -1.89. The van der Waals surface area contributed by atoms with Crippen molar-refractivity contribution in [3.63, 3.8) is 0 Å². The summed E-state index contributed by atoms with van der Waals surface area (Å²) in [4.78, 5) is 23.0. The molecule has 0 radical (unpaired) electrons. The number of hydrogen-bond donors (Lipinski definition) is 1. The van der Waals surface area contributed by atoms with E-state index in [1.165, 1.54) is 0 Å². The highest BCUT2D eigenvalue weighted by Crippen LogP contribution is 2.29. The molecule has 4 aromatic heterocycles. The molecule has 0 aliphatic heterocycles.